The molecule has 37 heavy (non-hydrogen) atoms. The molecule has 0 saturated carbocycles. The standard InChI is InChI=1S/C28H25F3N2O4/c29-28(30,31)37-25-9-5-4-8-23(25)27(36)33-18-16-32(17-19-33)26(35)15-14-24(34)22-12-10-21(11-13-22)20-6-2-1-3-7-20/h1-13H,14-19H2. The molecule has 0 aromatic heterocycles. The first-order valence-corrected chi connectivity index (χ1v) is 11.8. The first-order valence-electron chi connectivity index (χ1n) is 11.8. The van der Waals surface area contributed by atoms with E-state index in [1.165, 1.54) is 23.1 Å². The minimum absolute atomic E-state index is 0.0372. The van der Waals surface area contributed by atoms with Gasteiger partial charge in [-0.05, 0) is 23.3 Å². The third-order valence-corrected chi connectivity index (χ3v) is 6.14. The minimum Gasteiger partial charge on any atom is -0.405 e. The van der Waals surface area contributed by atoms with Crippen molar-refractivity contribution in [1.29, 1.82) is 0 Å². The van der Waals surface area contributed by atoms with Crippen LogP contribution in [0.1, 0.15) is 33.6 Å². The molecule has 1 aliphatic heterocycles. The summed E-state index contributed by atoms with van der Waals surface area (Å²) < 4.78 is 42.0. The second kappa shape index (κ2) is 11.3. The topological polar surface area (TPSA) is 66.9 Å². The lowest BCUT2D eigenvalue weighted by Crippen LogP contribution is -2.50. The van der Waals surface area contributed by atoms with Crippen LogP contribution in [-0.4, -0.2) is 59.9 Å². The number of carbonyl (C=O) groups excluding carboxylic acids is 3. The Kier molecular flexibility index (Phi) is 7.91. The fraction of sp³-hybridized carbons (Fsp3) is 0.250. The van der Waals surface area contributed by atoms with Crippen LogP contribution in [0.4, 0.5) is 13.2 Å². The van der Waals surface area contributed by atoms with Crippen LogP contribution in [0.2, 0.25) is 0 Å². The molecule has 1 aliphatic rings. The summed E-state index contributed by atoms with van der Waals surface area (Å²) in [6.07, 6.45) is -4.82. The lowest BCUT2D eigenvalue weighted by Gasteiger charge is -2.35. The quantitative estimate of drug-likeness (QED) is 0.410. The molecule has 0 N–H and O–H groups in total. The van der Waals surface area contributed by atoms with Crippen molar-refractivity contribution < 1.29 is 32.3 Å². The molecule has 3 aromatic rings. The molecule has 0 spiro atoms. The third-order valence-electron chi connectivity index (χ3n) is 6.14. The Morgan fingerprint density at radius 3 is 1.92 bits per heavy atom. The Hall–Kier alpha value is -4.14. The van der Waals surface area contributed by atoms with E-state index >= 15 is 0 Å². The van der Waals surface area contributed by atoms with Crippen molar-refractivity contribution in [3.63, 3.8) is 0 Å². The maximum atomic E-state index is 12.8. The summed E-state index contributed by atoms with van der Waals surface area (Å²) in [5.74, 6) is -1.50. The largest absolute Gasteiger partial charge is 0.573 e. The van der Waals surface area contributed by atoms with E-state index in [4.69, 9.17) is 0 Å². The van der Waals surface area contributed by atoms with E-state index in [0.717, 1.165) is 17.2 Å². The lowest BCUT2D eigenvalue weighted by molar-refractivity contribution is -0.274. The highest BCUT2D eigenvalue weighted by Gasteiger charge is 2.34. The van der Waals surface area contributed by atoms with Gasteiger partial charge >= 0.3 is 6.36 Å². The van der Waals surface area contributed by atoms with Crippen LogP contribution >= 0.6 is 0 Å². The van der Waals surface area contributed by atoms with Gasteiger partial charge in [-0.1, -0.05) is 66.7 Å². The van der Waals surface area contributed by atoms with Gasteiger partial charge in [0, 0.05) is 44.6 Å². The molecule has 192 valence electrons. The molecule has 0 aliphatic carbocycles. The zero-order valence-corrected chi connectivity index (χ0v) is 19.9. The minimum atomic E-state index is -4.91. The van der Waals surface area contributed by atoms with Crippen LogP contribution in [0.15, 0.2) is 78.9 Å². The number of ether oxygens (including phenoxy) is 1. The molecule has 6 nitrogen and oxygen atoms in total. The number of benzene rings is 3. The van der Waals surface area contributed by atoms with Crippen LogP contribution < -0.4 is 4.74 Å². The summed E-state index contributed by atoms with van der Waals surface area (Å²) in [5, 5.41) is 0. The number of hydrogen-bond acceptors (Lipinski definition) is 4. The zero-order valence-electron chi connectivity index (χ0n) is 19.9. The van der Waals surface area contributed by atoms with Gasteiger partial charge in [-0.2, -0.15) is 0 Å². The smallest absolute Gasteiger partial charge is 0.405 e. The Morgan fingerprint density at radius 2 is 1.27 bits per heavy atom. The first kappa shape index (κ1) is 25.9. The van der Waals surface area contributed by atoms with E-state index in [1.54, 1.807) is 17.0 Å². The first-order chi connectivity index (χ1) is 17.7. The van der Waals surface area contributed by atoms with Gasteiger partial charge in [0.15, 0.2) is 5.78 Å². The van der Waals surface area contributed by atoms with Crippen LogP contribution in [-0.2, 0) is 4.79 Å². The Labute approximate surface area is 212 Å². The predicted molar refractivity (Wildman–Crippen MR) is 131 cm³/mol. The van der Waals surface area contributed by atoms with Gasteiger partial charge in [-0.3, -0.25) is 14.4 Å². The monoisotopic (exact) mass is 510 g/mol. The van der Waals surface area contributed by atoms with Crippen molar-refractivity contribution >= 4 is 17.6 Å². The SMILES string of the molecule is O=C(CCC(=O)N1CCN(C(=O)c2ccccc2OC(F)(F)F)CC1)c1ccc(-c2ccccc2)cc1. The highest BCUT2D eigenvalue weighted by atomic mass is 19.4. The van der Waals surface area contributed by atoms with Crippen molar-refractivity contribution in [2.45, 2.75) is 19.2 Å². The van der Waals surface area contributed by atoms with Gasteiger partial charge in [0.1, 0.15) is 5.75 Å². The van der Waals surface area contributed by atoms with E-state index < -0.39 is 18.0 Å². The number of halogens is 3. The molecule has 0 bridgehead atoms. The van der Waals surface area contributed by atoms with Gasteiger partial charge in [0.2, 0.25) is 5.91 Å². The summed E-state index contributed by atoms with van der Waals surface area (Å²) in [7, 11) is 0. The van der Waals surface area contributed by atoms with Gasteiger partial charge in [0.25, 0.3) is 5.91 Å². The second-order valence-corrected chi connectivity index (χ2v) is 8.58. The van der Waals surface area contributed by atoms with E-state index in [-0.39, 0.29) is 56.3 Å². The number of piperazine rings is 1. The van der Waals surface area contributed by atoms with Crippen LogP contribution in [0, 0.1) is 0 Å². The summed E-state index contributed by atoms with van der Waals surface area (Å²) in [5.41, 5.74) is 2.38. The maximum Gasteiger partial charge on any atom is 0.573 e. The van der Waals surface area contributed by atoms with Gasteiger partial charge in [0.05, 0.1) is 5.56 Å². The summed E-state index contributed by atoms with van der Waals surface area (Å²) in [6.45, 7) is 0.791. The molecular weight excluding hydrogens is 485 g/mol. The number of rotatable bonds is 7. The molecule has 2 amide bonds. The zero-order chi connectivity index (χ0) is 26.4. The van der Waals surface area contributed by atoms with E-state index in [1.807, 2.05) is 42.5 Å². The molecule has 4 rings (SSSR count). The van der Waals surface area contributed by atoms with Crippen molar-refractivity contribution in [3.05, 3.63) is 90.0 Å². The van der Waals surface area contributed by atoms with E-state index in [9.17, 15) is 27.6 Å². The average Bonchev–Trinajstić information content (AvgIpc) is 2.91. The van der Waals surface area contributed by atoms with Crippen LogP contribution in [0.25, 0.3) is 11.1 Å². The molecule has 0 unspecified atom stereocenters. The van der Waals surface area contributed by atoms with Crippen molar-refractivity contribution in [1.82, 2.24) is 9.80 Å². The number of amides is 2. The molecule has 1 fully saturated rings. The van der Waals surface area contributed by atoms with Crippen LogP contribution in [0.5, 0.6) is 5.75 Å². The highest BCUT2D eigenvalue weighted by Crippen LogP contribution is 2.27. The predicted octanol–water partition coefficient (Wildman–Crippen LogP) is 5.20. The van der Waals surface area contributed by atoms with Gasteiger partial charge in [-0.25, -0.2) is 0 Å². The fourth-order valence-corrected chi connectivity index (χ4v) is 4.19. The molecular formula is C28H25F3N2O4. The molecule has 0 radical (unpaired) electrons. The van der Waals surface area contributed by atoms with Crippen LogP contribution in [0.3, 0.4) is 0 Å². The third kappa shape index (κ3) is 6.75. The number of nitrogens with zero attached hydrogens (tertiary/aromatic N) is 2. The number of carbonyl (C=O) groups is 3. The summed E-state index contributed by atoms with van der Waals surface area (Å²) in [4.78, 5) is 41.0. The van der Waals surface area contributed by atoms with E-state index in [2.05, 4.69) is 4.74 Å². The number of ketones is 1. The summed E-state index contributed by atoms with van der Waals surface area (Å²) in [6, 6.07) is 22.2. The molecule has 3 aromatic carbocycles. The molecule has 1 saturated heterocycles. The Balaban J connectivity index is 1.27. The molecule has 9 heteroatoms. The molecule has 1 heterocycles. The van der Waals surface area contributed by atoms with E-state index in [0.29, 0.717) is 5.56 Å². The lowest BCUT2D eigenvalue weighted by atomic mass is 10.0. The number of Topliss-reactive ketones (excluding diaryl/α,β-unsaturated/α-hetero) is 1. The van der Waals surface area contributed by atoms with Crippen molar-refractivity contribution in [2.75, 3.05) is 26.2 Å². The van der Waals surface area contributed by atoms with Crippen molar-refractivity contribution in [2.24, 2.45) is 0 Å². The summed E-state index contributed by atoms with van der Waals surface area (Å²) >= 11 is 0. The fourth-order valence-electron chi connectivity index (χ4n) is 4.19. The molecule has 0 atom stereocenters. The maximum absolute atomic E-state index is 12.8. The Bertz CT molecular complexity index is 1250. The van der Waals surface area contributed by atoms with Crippen molar-refractivity contribution in [3.8, 4) is 16.9 Å². The second-order valence-electron chi connectivity index (χ2n) is 8.58. The number of para-hydroxylation sites is 1. The number of hydrogen-bond donors (Lipinski definition) is 0. The van der Waals surface area contributed by atoms with Gasteiger partial charge < -0.3 is 14.5 Å². The average molecular weight is 511 g/mol. The van der Waals surface area contributed by atoms with Gasteiger partial charge in [-0.15, -0.1) is 13.2 Å². The Morgan fingerprint density at radius 1 is 0.703 bits per heavy atom. The number of alkyl halides is 3. The highest BCUT2D eigenvalue weighted by molar-refractivity contribution is 5.99. The normalized spacial score (nSPS) is 13.8.